The van der Waals surface area contributed by atoms with Crippen molar-refractivity contribution in [2.45, 2.75) is 20.0 Å². The van der Waals surface area contributed by atoms with Gasteiger partial charge in [0.15, 0.2) is 0 Å². The van der Waals surface area contributed by atoms with Gasteiger partial charge in [-0.25, -0.2) is 4.79 Å². The number of carbonyl (C=O) groups is 1. The number of rotatable bonds is 5. The van der Waals surface area contributed by atoms with E-state index >= 15 is 0 Å². The van der Waals surface area contributed by atoms with Crippen molar-refractivity contribution < 1.29 is 9.90 Å². The summed E-state index contributed by atoms with van der Waals surface area (Å²) in [5.74, 6) is -0.962. The van der Waals surface area contributed by atoms with E-state index in [1.54, 1.807) is 12.1 Å². The quantitative estimate of drug-likeness (QED) is 0.853. The molecule has 0 aliphatic heterocycles. The Hall–Kier alpha value is -2.27. The van der Waals surface area contributed by atoms with Crippen molar-refractivity contribution in [2.75, 3.05) is 0 Å². The zero-order valence-electron chi connectivity index (χ0n) is 10.6. The van der Waals surface area contributed by atoms with Crippen LogP contribution in [0.3, 0.4) is 0 Å². The van der Waals surface area contributed by atoms with E-state index in [1.807, 2.05) is 25.1 Å². The summed E-state index contributed by atoms with van der Waals surface area (Å²) in [4.78, 5) is 19.1. The van der Waals surface area contributed by atoms with E-state index in [1.165, 1.54) is 6.20 Å². The predicted molar refractivity (Wildman–Crippen MR) is 70.7 cm³/mol. The Balaban J connectivity index is 1.87. The van der Waals surface area contributed by atoms with Crippen LogP contribution >= 0.6 is 0 Å². The van der Waals surface area contributed by atoms with Gasteiger partial charge in [0.2, 0.25) is 0 Å². The average molecular weight is 257 g/mol. The first-order chi connectivity index (χ1) is 9.15. The lowest BCUT2D eigenvalue weighted by molar-refractivity contribution is 0.0696. The lowest BCUT2D eigenvalue weighted by Crippen LogP contribution is -2.15. The maximum atomic E-state index is 10.7. The Morgan fingerprint density at radius 3 is 2.63 bits per heavy atom. The Morgan fingerprint density at radius 1 is 1.21 bits per heavy atom. The van der Waals surface area contributed by atoms with Gasteiger partial charge in [0.1, 0.15) is 0 Å². The van der Waals surface area contributed by atoms with Crippen molar-refractivity contribution in [1.29, 1.82) is 0 Å². The number of aromatic carboxylic acids is 1. The Kier molecular flexibility index (Phi) is 4.20. The van der Waals surface area contributed by atoms with Gasteiger partial charge in [-0.05, 0) is 31.2 Å². The molecule has 2 N–H and O–H groups in total. The molecule has 2 aromatic rings. The number of nitrogens with zero attached hydrogens (tertiary/aromatic N) is 2. The van der Waals surface area contributed by atoms with Gasteiger partial charge < -0.3 is 10.4 Å². The second kappa shape index (κ2) is 6.06. The van der Waals surface area contributed by atoms with Crippen LogP contribution in [0, 0.1) is 6.92 Å². The topological polar surface area (TPSA) is 75.1 Å². The fourth-order valence-corrected chi connectivity index (χ4v) is 1.67. The van der Waals surface area contributed by atoms with Crippen LogP contribution in [0.15, 0.2) is 36.5 Å². The molecule has 2 rings (SSSR count). The van der Waals surface area contributed by atoms with Gasteiger partial charge in [-0.3, -0.25) is 9.97 Å². The molecule has 98 valence electrons. The smallest absolute Gasteiger partial charge is 0.337 e. The summed E-state index contributed by atoms with van der Waals surface area (Å²) in [7, 11) is 0. The molecule has 19 heavy (non-hydrogen) atoms. The van der Waals surface area contributed by atoms with Crippen molar-refractivity contribution in [3.8, 4) is 0 Å². The van der Waals surface area contributed by atoms with Crippen LogP contribution in [0.4, 0.5) is 0 Å². The highest BCUT2D eigenvalue weighted by molar-refractivity contribution is 5.87. The third kappa shape index (κ3) is 3.86. The van der Waals surface area contributed by atoms with E-state index in [0.29, 0.717) is 13.1 Å². The zero-order chi connectivity index (χ0) is 13.7. The van der Waals surface area contributed by atoms with Gasteiger partial charge in [-0.1, -0.05) is 6.07 Å². The Labute approximate surface area is 111 Å². The van der Waals surface area contributed by atoms with Crippen LogP contribution < -0.4 is 5.32 Å². The minimum Gasteiger partial charge on any atom is -0.478 e. The third-order valence-electron chi connectivity index (χ3n) is 2.63. The van der Waals surface area contributed by atoms with Gasteiger partial charge in [0.05, 0.1) is 17.0 Å². The first kappa shape index (κ1) is 13.2. The SMILES string of the molecule is Cc1cccc(CNCc2ccc(C(=O)O)cn2)n1. The van der Waals surface area contributed by atoms with E-state index in [0.717, 1.165) is 17.1 Å². The number of aromatic nitrogens is 2. The van der Waals surface area contributed by atoms with Crippen molar-refractivity contribution >= 4 is 5.97 Å². The van der Waals surface area contributed by atoms with Gasteiger partial charge >= 0.3 is 5.97 Å². The number of carboxylic acid groups (broad SMARTS) is 1. The van der Waals surface area contributed by atoms with E-state index < -0.39 is 5.97 Å². The molecule has 0 aromatic carbocycles. The lowest BCUT2D eigenvalue weighted by Gasteiger charge is -2.05. The molecule has 0 amide bonds. The van der Waals surface area contributed by atoms with Crippen molar-refractivity contribution in [1.82, 2.24) is 15.3 Å². The molecule has 5 heteroatoms. The van der Waals surface area contributed by atoms with Crippen molar-refractivity contribution in [2.24, 2.45) is 0 Å². The third-order valence-corrected chi connectivity index (χ3v) is 2.63. The highest BCUT2D eigenvalue weighted by atomic mass is 16.4. The van der Waals surface area contributed by atoms with Crippen LogP contribution in [0.5, 0.6) is 0 Å². The summed E-state index contributed by atoms with van der Waals surface area (Å²) in [5.41, 5.74) is 2.96. The first-order valence-electron chi connectivity index (χ1n) is 5.96. The second-order valence-electron chi connectivity index (χ2n) is 4.22. The van der Waals surface area contributed by atoms with E-state index in [2.05, 4.69) is 15.3 Å². The first-order valence-corrected chi connectivity index (χ1v) is 5.96. The summed E-state index contributed by atoms with van der Waals surface area (Å²) < 4.78 is 0. The van der Waals surface area contributed by atoms with Crippen LogP contribution in [-0.2, 0) is 13.1 Å². The molecule has 0 unspecified atom stereocenters. The number of hydrogen-bond acceptors (Lipinski definition) is 4. The predicted octanol–water partition coefficient (Wildman–Crippen LogP) is 1.77. The molecule has 0 aliphatic rings. The van der Waals surface area contributed by atoms with Gasteiger partial charge in [-0.2, -0.15) is 0 Å². The molecule has 0 saturated heterocycles. The molecule has 2 heterocycles. The van der Waals surface area contributed by atoms with Crippen LogP contribution in [0.25, 0.3) is 0 Å². The highest BCUT2D eigenvalue weighted by Gasteiger charge is 2.02. The number of nitrogens with one attached hydrogen (secondary N) is 1. The lowest BCUT2D eigenvalue weighted by atomic mass is 10.2. The van der Waals surface area contributed by atoms with Crippen LogP contribution in [0.2, 0.25) is 0 Å². The number of aryl methyl sites for hydroxylation is 1. The molecule has 2 aromatic heterocycles. The average Bonchev–Trinajstić information content (AvgIpc) is 2.39. The second-order valence-corrected chi connectivity index (χ2v) is 4.22. The summed E-state index contributed by atoms with van der Waals surface area (Å²) >= 11 is 0. The number of pyridine rings is 2. The molecule has 0 atom stereocenters. The van der Waals surface area contributed by atoms with Gasteiger partial charge in [0.25, 0.3) is 0 Å². The maximum absolute atomic E-state index is 10.7. The van der Waals surface area contributed by atoms with Crippen molar-refractivity contribution in [3.05, 3.63) is 59.2 Å². The highest BCUT2D eigenvalue weighted by Crippen LogP contribution is 2.01. The monoisotopic (exact) mass is 257 g/mol. The minimum absolute atomic E-state index is 0.198. The zero-order valence-corrected chi connectivity index (χ0v) is 10.6. The largest absolute Gasteiger partial charge is 0.478 e. The molecule has 0 spiro atoms. The standard InChI is InChI=1S/C14H15N3O2/c1-10-3-2-4-13(17-10)9-15-8-12-6-5-11(7-16-12)14(18)19/h2-7,15H,8-9H2,1H3,(H,18,19). The Morgan fingerprint density at radius 2 is 2.00 bits per heavy atom. The normalized spacial score (nSPS) is 10.4. The minimum atomic E-state index is -0.962. The molecular formula is C14H15N3O2. The van der Waals surface area contributed by atoms with E-state index in [4.69, 9.17) is 5.11 Å². The van der Waals surface area contributed by atoms with Crippen LogP contribution in [-0.4, -0.2) is 21.0 Å². The van der Waals surface area contributed by atoms with Crippen molar-refractivity contribution in [3.63, 3.8) is 0 Å². The molecule has 5 nitrogen and oxygen atoms in total. The molecular weight excluding hydrogens is 242 g/mol. The summed E-state index contributed by atoms with van der Waals surface area (Å²) in [6.45, 7) is 3.19. The maximum Gasteiger partial charge on any atom is 0.337 e. The fourth-order valence-electron chi connectivity index (χ4n) is 1.67. The molecule has 0 radical (unpaired) electrons. The van der Waals surface area contributed by atoms with E-state index in [-0.39, 0.29) is 5.56 Å². The molecule has 0 saturated carbocycles. The van der Waals surface area contributed by atoms with Gasteiger partial charge in [-0.15, -0.1) is 0 Å². The summed E-state index contributed by atoms with van der Waals surface area (Å²) in [5, 5.41) is 12.0. The fraction of sp³-hybridized carbons (Fsp3) is 0.214. The summed E-state index contributed by atoms with van der Waals surface area (Å²) in [6.07, 6.45) is 1.37. The molecule has 0 fully saturated rings. The number of carboxylic acids is 1. The molecule has 0 bridgehead atoms. The molecule has 0 aliphatic carbocycles. The Bertz CT molecular complexity index is 567. The van der Waals surface area contributed by atoms with Gasteiger partial charge in [0, 0.05) is 25.0 Å². The number of hydrogen-bond donors (Lipinski definition) is 2. The van der Waals surface area contributed by atoms with Crippen LogP contribution in [0.1, 0.15) is 27.4 Å². The summed E-state index contributed by atoms with van der Waals surface area (Å²) in [6, 6.07) is 9.15. The van der Waals surface area contributed by atoms with E-state index in [9.17, 15) is 4.79 Å².